The first kappa shape index (κ1) is 30.1. The van der Waals surface area contributed by atoms with Crippen LogP contribution in [0.4, 0.5) is 5.69 Å². The van der Waals surface area contributed by atoms with Gasteiger partial charge in [0.15, 0.2) is 6.29 Å². The first-order valence-electron chi connectivity index (χ1n) is 14.1. The number of nitrogens with one attached hydrogen (secondary N) is 2. The van der Waals surface area contributed by atoms with Crippen molar-refractivity contribution in [3.63, 3.8) is 0 Å². The smallest absolute Gasteiger partial charge is 0.243 e. The number of aliphatic hydroxyl groups excluding tert-OH is 1. The number of nitrogens with zero attached hydrogens (tertiary/aromatic N) is 1. The van der Waals surface area contributed by atoms with Crippen LogP contribution in [0.25, 0.3) is 0 Å². The van der Waals surface area contributed by atoms with E-state index in [4.69, 9.17) is 19.4 Å². The summed E-state index contributed by atoms with van der Waals surface area (Å²) in [5.74, 6) is -0.588. The Morgan fingerprint density at radius 2 is 1.70 bits per heavy atom. The number of carbonyl (C=O) groups is 2. The SMILES string of the molecule is COCC1CCCN1CC1CC(c2ccc(CO)cc2)OC(c2ccc(NC(=O)CCCCC(=O)NO)cc2)O1. The number of ether oxygens (including phenoxy) is 3. The van der Waals surface area contributed by atoms with E-state index < -0.39 is 12.2 Å². The van der Waals surface area contributed by atoms with Gasteiger partial charge in [-0.15, -0.1) is 0 Å². The Bertz CT molecular complexity index is 1080. The minimum Gasteiger partial charge on any atom is -0.392 e. The summed E-state index contributed by atoms with van der Waals surface area (Å²) in [6.45, 7) is 2.54. The Morgan fingerprint density at radius 1 is 1.00 bits per heavy atom. The molecule has 2 aromatic carbocycles. The van der Waals surface area contributed by atoms with Crippen LogP contribution in [0.3, 0.4) is 0 Å². The van der Waals surface area contributed by atoms with Crippen molar-refractivity contribution in [2.24, 2.45) is 0 Å². The molecule has 10 nitrogen and oxygen atoms in total. The van der Waals surface area contributed by atoms with Gasteiger partial charge in [0.1, 0.15) is 0 Å². The second-order valence-electron chi connectivity index (χ2n) is 10.5. The standard InChI is InChI=1S/C30H41N3O7/c1-38-20-25-5-4-16-33(25)18-26-17-27(22-10-8-21(19-34)9-11-22)40-30(39-26)23-12-14-24(15-13-23)31-28(35)6-2-3-7-29(36)32-37/h8-15,25-27,30,34,37H,2-7,16-20H2,1H3,(H,31,35)(H,32,36). The van der Waals surface area contributed by atoms with Crippen LogP contribution in [0.1, 0.15) is 74.0 Å². The second kappa shape index (κ2) is 15.2. The molecule has 0 aliphatic carbocycles. The van der Waals surface area contributed by atoms with E-state index in [0.29, 0.717) is 31.2 Å². The zero-order chi connectivity index (χ0) is 28.3. The Labute approximate surface area is 235 Å². The van der Waals surface area contributed by atoms with E-state index in [-0.39, 0.29) is 37.6 Å². The van der Waals surface area contributed by atoms with Gasteiger partial charge in [-0.2, -0.15) is 0 Å². The van der Waals surface area contributed by atoms with Crippen LogP contribution in [0, 0.1) is 0 Å². The van der Waals surface area contributed by atoms with Crippen molar-refractivity contribution >= 4 is 17.5 Å². The third kappa shape index (κ3) is 8.57. The van der Waals surface area contributed by atoms with Gasteiger partial charge in [-0.05, 0) is 55.5 Å². The summed E-state index contributed by atoms with van der Waals surface area (Å²) < 4.78 is 18.4. The molecule has 4 N–H and O–H groups in total. The number of rotatable bonds is 13. The van der Waals surface area contributed by atoms with Crippen molar-refractivity contribution in [3.8, 4) is 0 Å². The van der Waals surface area contributed by atoms with E-state index in [1.807, 2.05) is 48.5 Å². The average Bonchev–Trinajstić information content (AvgIpc) is 3.41. The van der Waals surface area contributed by atoms with E-state index in [1.54, 1.807) is 12.6 Å². The summed E-state index contributed by atoms with van der Waals surface area (Å²) in [5.41, 5.74) is 5.03. The highest BCUT2D eigenvalue weighted by atomic mass is 16.7. The molecule has 0 saturated carbocycles. The first-order chi connectivity index (χ1) is 19.5. The molecule has 4 atom stereocenters. The number of methoxy groups -OCH3 is 1. The van der Waals surface area contributed by atoms with Crippen LogP contribution in [0.2, 0.25) is 0 Å². The van der Waals surface area contributed by atoms with Gasteiger partial charge in [0.05, 0.1) is 25.4 Å². The third-order valence-electron chi connectivity index (χ3n) is 7.56. The van der Waals surface area contributed by atoms with Crippen LogP contribution >= 0.6 is 0 Å². The number of carbonyl (C=O) groups excluding carboxylic acids is 2. The van der Waals surface area contributed by atoms with Crippen molar-refractivity contribution in [2.45, 2.75) is 76.1 Å². The summed E-state index contributed by atoms with van der Waals surface area (Å²) in [5, 5.41) is 20.9. The molecule has 4 rings (SSSR count). The van der Waals surface area contributed by atoms with Gasteiger partial charge in [0.2, 0.25) is 11.8 Å². The first-order valence-corrected chi connectivity index (χ1v) is 14.1. The molecule has 2 aliphatic rings. The maximum absolute atomic E-state index is 12.3. The molecule has 4 unspecified atom stereocenters. The van der Waals surface area contributed by atoms with E-state index in [0.717, 1.165) is 49.0 Å². The second-order valence-corrected chi connectivity index (χ2v) is 10.5. The van der Waals surface area contributed by atoms with Crippen molar-refractivity contribution in [2.75, 3.05) is 32.1 Å². The lowest BCUT2D eigenvalue weighted by Gasteiger charge is -2.38. The number of hydrogen-bond acceptors (Lipinski definition) is 8. The average molecular weight is 556 g/mol. The van der Waals surface area contributed by atoms with Crippen molar-refractivity contribution in [1.82, 2.24) is 10.4 Å². The minimum atomic E-state index is -0.563. The highest BCUT2D eigenvalue weighted by Gasteiger charge is 2.35. The highest BCUT2D eigenvalue weighted by molar-refractivity contribution is 5.90. The fourth-order valence-electron chi connectivity index (χ4n) is 5.39. The van der Waals surface area contributed by atoms with Crippen LogP contribution < -0.4 is 10.8 Å². The zero-order valence-corrected chi connectivity index (χ0v) is 23.1. The third-order valence-corrected chi connectivity index (χ3v) is 7.56. The molecule has 0 radical (unpaired) electrons. The predicted octanol–water partition coefficient (Wildman–Crippen LogP) is 3.84. The monoisotopic (exact) mass is 555 g/mol. The molecule has 218 valence electrons. The molecule has 2 aliphatic heterocycles. The normalized spacial score (nSPS) is 23.2. The maximum atomic E-state index is 12.3. The van der Waals surface area contributed by atoms with Gasteiger partial charge in [-0.25, -0.2) is 5.48 Å². The largest absolute Gasteiger partial charge is 0.392 e. The fraction of sp³-hybridized carbons (Fsp3) is 0.533. The maximum Gasteiger partial charge on any atom is 0.243 e. The predicted molar refractivity (Wildman–Crippen MR) is 148 cm³/mol. The number of anilines is 1. The highest BCUT2D eigenvalue weighted by Crippen LogP contribution is 2.39. The topological polar surface area (TPSA) is 130 Å². The molecular weight excluding hydrogens is 514 g/mol. The number of unbranched alkanes of at least 4 members (excludes halogenated alkanes) is 1. The Kier molecular flexibility index (Phi) is 11.5. The lowest BCUT2D eigenvalue weighted by Crippen LogP contribution is -2.42. The quantitative estimate of drug-likeness (QED) is 0.167. The Balaban J connectivity index is 1.40. The number of benzene rings is 2. The van der Waals surface area contributed by atoms with Crippen LogP contribution in [-0.4, -0.2) is 66.0 Å². The van der Waals surface area contributed by atoms with Gasteiger partial charge in [0.25, 0.3) is 0 Å². The summed E-state index contributed by atoms with van der Waals surface area (Å²) >= 11 is 0. The molecule has 40 heavy (non-hydrogen) atoms. The minimum absolute atomic E-state index is 0.000229. The molecular formula is C30H41N3O7. The van der Waals surface area contributed by atoms with E-state index in [2.05, 4.69) is 10.2 Å². The van der Waals surface area contributed by atoms with Crippen LogP contribution in [-0.2, 0) is 30.4 Å². The lowest BCUT2D eigenvalue weighted by atomic mass is 9.99. The van der Waals surface area contributed by atoms with Gasteiger partial charge < -0.3 is 24.6 Å². The van der Waals surface area contributed by atoms with Gasteiger partial charge in [-0.3, -0.25) is 19.7 Å². The number of amides is 2. The van der Waals surface area contributed by atoms with Gasteiger partial charge in [0, 0.05) is 50.2 Å². The van der Waals surface area contributed by atoms with Gasteiger partial charge >= 0.3 is 0 Å². The Hall–Kier alpha value is -2.86. The number of hydrogen-bond donors (Lipinski definition) is 4. The molecule has 10 heteroatoms. The van der Waals surface area contributed by atoms with E-state index in [9.17, 15) is 14.7 Å². The zero-order valence-electron chi connectivity index (χ0n) is 23.1. The Morgan fingerprint density at radius 3 is 2.38 bits per heavy atom. The van der Waals surface area contributed by atoms with Crippen LogP contribution in [0.15, 0.2) is 48.5 Å². The summed E-state index contributed by atoms with van der Waals surface area (Å²) in [6, 6.07) is 15.7. The summed E-state index contributed by atoms with van der Waals surface area (Å²) in [4.78, 5) is 25.8. The molecule has 0 spiro atoms. The molecule has 2 amide bonds. The molecule has 2 fully saturated rings. The molecule has 0 aromatic heterocycles. The molecule has 2 aromatic rings. The number of aliphatic hydroxyl groups is 1. The van der Waals surface area contributed by atoms with Crippen molar-refractivity contribution in [3.05, 3.63) is 65.2 Å². The summed E-state index contributed by atoms with van der Waals surface area (Å²) in [6.07, 6.45) is 3.77. The van der Waals surface area contributed by atoms with Gasteiger partial charge in [-0.1, -0.05) is 36.4 Å². The van der Waals surface area contributed by atoms with E-state index >= 15 is 0 Å². The van der Waals surface area contributed by atoms with Crippen molar-refractivity contribution < 1.29 is 34.1 Å². The molecule has 2 heterocycles. The number of likely N-dealkylation sites (tertiary alicyclic amines) is 1. The number of hydroxylamine groups is 1. The molecule has 2 saturated heterocycles. The summed E-state index contributed by atoms with van der Waals surface area (Å²) in [7, 11) is 1.74. The molecule has 0 bridgehead atoms. The van der Waals surface area contributed by atoms with E-state index in [1.165, 1.54) is 0 Å². The van der Waals surface area contributed by atoms with Crippen LogP contribution in [0.5, 0.6) is 0 Å². The lowest BCUT2D eigenvalue weighted by molar-refractivity contribution is -0.253. The fourth-order valence-corrected chi connectivity index (χ4v) is 5.39. The van der Waals surface area contributed by atoms with Crippen molar-refractivity contribution in [1.29, 1.82) is 0 Å².